The van der Waals surface area contributed by atoms with Gasteiger partial charge in [-0.05, 0) is 18.6 Å². The highest BCUT2D eigenvalue weighted by atomic mass is 15.0. The molecular weight excluding hydrogens is 188 g/mol. The highest BCUT2D eigenvalue weighted by molar-refractivity contribution is 5.70. The molecule has 0 aliphatic carbocycles. The molecule has 0 atom stereocenters. The number of rotatable bonds is 3. The molecule has 2 heterocycles. The Bertz CT molecular complexity index is 459. The van der Waals surface area contributed by atoms with E-state index in [0.29, 0.717) is 6.04 Å². The fourth-order valence-corrected chi connectivity index (χ4v) is 1.44. The zero-order chi connectivity index (χ0) is 10.8. The maximum absolute atomic E-state index is 4.40. The Kier molecular flexibility index (Phi) is 2.68. The molecule has 0 radical (unpaired) electrons. The molecule has 0 aliphatic heterocycles. The number of nitrogens with one attached hydrogen (secondary N) is 2. The average Bonchev–Trinajstić information content (AvgIpc) is 2.56. The first-order chi connectivity index (χ1) is 7.15. The third kappa shape index (κ3) is 2.33. The maximum Gasteiger partial charge on any atom is 0.177 e. The van der Waals surface area contributed by atoms with Crippen LogP contribution in [-0.2, 0) is 6.54 Å². The maximum atomic E-state index is 4.40. The summed E-state index contributed by atoms with van der Waals surface area (Å²) in [7, 11) is 0. The van der Waals surface area contributed by atoms with Crippen LogP contribution in [0.15, 0.2) is 12.3 Å². The van der Waals surface area contributed by atoms with E-state index >= 15 is 0 Å². The van der Waals surface area contributed by atoms with Crippen LogP contribution in [0.5, 0.6) is 0 Å². The van der Waals surface area contributed by atoms with E-state index in [4.69, 9.17) is 0 Å². The summed E-state index contributed by atoms with van der Waals surface area (Å²) in [6, 6.07) is 2.53. The van der Waals surface area contributed by atoms with Crippen LogP contribution in [0.4, 0.5) is 0 Å². The first-order valence-corrected chi connectivity index (χ1v) is 5.20. The first kappa shape index (κ1) is 10.1. The van der Waals surface area contributed by atoms with Gasteiger partial charge < -0.3 is 10.3 Å². The second kappa shape index (κ2) is 3.98. The molecule has 0 bridgehead atoms. The van der Waals surface area contributed by atoms with Crippen LogP contribution < -0.4 is 5.32 Å². The molecule has 0 unspecified atom stereocenters. The number of aryl methyl sites for hydroxylation is 1. The summed E-state index contributed by atoms with van der Waals surface area (Å²) in [5.41, 5.74) is 2.95. The topological polar surface area (TPSA) is 53.6 Å². The minimum absolute atomic E-state index is 0.466. The van der Waals surface area contributed by atoms with Gasteiger partial charge >= 0.3 is 0 Å². The first-order valence-electron chi connectivity index (χ1n) is 5.20. The molecule has 2 N–H and O–H groups in total. The molecule has 0 aromatic carbocycles. The van der Waals surface area contributed by atoms with Crippen LogP contribution in [-0.4, -0.2) is 21.0 Å². The number of nitrogens with zero attached hydrogens (tertiary/aromatic N) is 2. The molecule has 15 heavy (non-hydrogen) atoms. The van der Waals surface area contributed by atoms with Crippen molar-refractivity contribution in [3.05, 3.63) is 23.7 Å². The molecule has 0 spiro atoms. The quantitative estimate of drug-likeness (QED) is 0.801. The van der Waals surface area contributed by atoms with E-state index in [1.807, 2.05) is 13.1 Å². The molecule has 2 rings (SSSR count). The van der Waals surface area contributed by atoms with Gasteiger partial charge in [0.2, 0.25) is 0 Å². The zero-order valence-corrected chi connectivity index (χ0v) is 9.33. The Balaban J connectivity index is 2.23. The monoisotopic (exact) mass is 204 g/mol. The molecule has 0 fully saturated rings. The molecule has 4 heteroatoms. The molecule has 0 amide bonds. The van der Waals surface area contributed by atoms with Gasteiger partial charge in [-0.15, -0.1) is 0 Å². The Morgan fingerprint density at radius 2 is 2.27 bits per heavy atom. The summed E-state index contributed by atoms with van der Waals surface area (Å²) in [6.07, 6.45) is 1.84. The molecule has 0 saturated heterocycles. The highest BCUT2D eigenvalue weighted by Gasteiger charge is 2.03. The van der Waals surface area contributed by atoms with Crippen LogP contribution in [0, 0.1) is 6.92 Å². The number of aromatic amines is 1. The summed E-state index contributed by atoms with van der Waals surface area (Å²) in [6.45, 7) is 7.02. The van der Waals surface area contributed by atoms with E-state index in [1.165, 1.54) is 0 Å². The lowest BCUT2D eigenvalue weighted by Crippen LogP contribution is -2.22. The lowest BCUT2D eigenvalue weighted by atomic mass is 10.3. The van der Waals surface area contributed by atoms with E-state index in [0.717, 1.165) is 29.1 Å². The van der Waals surface area contributed by atoms with Gasteiger partial charge in [0, 0.05) is 12.2 Å². The number of aromatic nitrogens is 3. The van der Waals surface area contributed by atoms with E-state index in [1.54, 1.807) is 0 Å². The fraction of sp³-hybridized carbons (Fsp3) is 0.455. The van der Waals surface area contributed by atoms with Gasteiger partial charge in [0.15, 0.2) is 5.65 Å². The Hall–Kier alpha value is -1.42. The summed E-state index contributed by atoms with van der Waals surface area (Å²) >= 11 is 0. The van der Waals surface area contributed by atoms with Crippen molar-refractivity contribution in [3.63, 3.8) is 0 Å². The number of pyridine rings is 1. The van der Waals surface area contributed by atoms with Crippen molar-refractivity contribution in [2.45, 2.75) is 33.4 Å². The smallest absolute Gasteiger partial charge is 0.177 e. The van der Waals surface area contributed by atoms with Crippen molar-refractivity contribution in [3.8, 4) is 0 Å². The lowest BCUT2D eigenvalue weighted by Gasteiger charge is -2.04. The van der Waals surface area contributed by atoms with Crippen LogP contribution in [0.25, 0.3) is 11.2 Å². The van der Waals surface area contributed by atoms with Crippen LogP contribution in [0.1, 0.15) is 25.2 Å². The van der Waals surface area contributed by atoms with Crippen molar-refractivity contribution in [2.24, 2.45) is 0 Å². The largest absolute Gasteiger partial charge is 0.340 e. The minimum atomic E-state index is 0.466. The van der Waals surface area contributed by atoms with Crippen molar-refractivity contribution in [1.29, 1.82) is 0 Å². The predicted molar refractivity (Wildman–Crippen MR) is 60.6 cm³/mol. The normalized spacial score (nSPS) is 11.5. The Morgan fingerprint density at radius 3 is 3.00 bits per heavy atom. The van der Waals surface area contributed by atoms with E-state index in [-0.39, 0.29) is 0 Å². The number of hydrogen-bond donors (Lipinski definition) is 2. The van der Waals surface area contributed by atoms with Crippen LogP contribution in [0.3, 0.4) is 0 Å². The van der Waals surface area contributed by atoms with Gasteiger partial charge in [-0.3, -0.25) is 0 Å². The zero-order valence-electron chi connectivity index (χ0n) is 9.33. The highest BCUT2D eigenvalue weighted by Crippen LogP contribution is 2.09. The number of imidazole rings is 1. The van der Waals surface area contributed by atoms with Crippen molar-refractivity contribution in [1.82, 2.24) is 20.3 Å². The summed E-state index contributed by atoms with van der Waals surface area (Å²) < 4.78 is 0. The third-order valence-electron chi connectivity index (χ3n) is 2.20. The van der Waals surface area contributed by atoms with Gasteiger partial charge in [0.25, 0.3) is 0 Å². The summed E-state index contributed by atoms with van der Waals surface area (Å²) in [5.74, 6) is 0.941. The lowest BCUT2D eigenvalue weighted by molar-refractivity contribution is 0.576. The minimum Gasteiger partial charge on any atom is -0.340 e. The predicted octanol–water partition coefficient (Wildman–Crippen LogP) is 1.76. The Morgan fingerprint density at radius 1 is 1.47 bits per heavy atom. The standard InChI is InChI=1S/C11H16N4/c1-7(2)12-6-10-14-9-4-8(3)5-13-11(9)15-10/h4-5,7,12H,6H2,1-3H3,(H,13,14,15). The van der Waals surface area contributed by atoms with Crippen molar-refractivity contribution < 1.29 is 0 Å². The third-order valence-corrected chi connectivity index (χ3v) is 2.20. The van der Waals surface area contributed by atoms with Crippen molar-refractivity contribution >= 4 is 11.2 Å². The number of hydrogen-bond acceptors (Lipinski definition) is 3. The van der Waals surface area contributed by atoms with E-state index < -0.39 is 0 Å². The van der Waals surface area contributed by atoms with Gasteiger partial charge in [-0.25, -0.2) is 9.97 Å². The molecule has 80 valence electrons. The second-order valence-corrected chi connectivity index (χ2v) is 4.10. The number of H-pyrrole nitrogens is 1. The number of fused-ring (bicyclic) bond motifs is 1. The van der Waals surface area contributed by atoms with Gasteiger partial charge in [-0.2, -0.15) is 0 Å². The fourth-order valence-electron chi connectivity index (χ4n) is 1.44. The van der Waals surface area contributed by atoms with Crippen molar-refractivity contribution in [2.75, 3.05) is 0 Å². The SMILES string of the molecule is Cc1cnc2nc(CNC(C)C)[nH]c2c1. The van der Waals surface area contributed by atoms with Crippen LogP contribution >= 0.6 is 0 Å². The van der Waals surface area contributed by atoms with Gasteiger partial charge in [0.1, 0.15) is 5.82 Å². The second-order valence-electron chi connectivity index (χ2n) is 4.10. The molecule has 0 aliphatic rings. The molecule has 4 nitrogen and oxygen atoms in total. The molecule has 0 saturated carbocycles. The average molecular weight is 204 g/mol. The molecular formula is C11H16N4. The summed E-state index contributed by atoms with van der Waals surface area (Å²) in [4.78, 5) is 11.9. The van der Waals surface area contributed by atoms with Gasteiger partial charge in [0.05, 0.1) is 12.1 Å². The Labute approximate surface area is 89.1 Å². The summed E-state index contributed by atoms with van der Waals surface area (Å²) in [5, 5.41) is 3.32. The van der Waals surface area contributed by atoms with E-state index in [9.17, 15) is 0 Å². The van der Waals surface area contributed by atoms with Gasteiger partial charge in [-0.1, -0.05) is 13.8 Å². The molecule has 2 aromatic heterocycles. The van der Waals surface area contributed by atoms with Crippen LogP contribution in [0.2, 0.25) is 0 Å². The van der Waals surface area contributed by atoms with E-state index in [2.05, 4.69) is 40.2 Å². The molecule has 2 aromatic rings.